The number of imidazole rings is 1. The van der Waals surface area contributed by atoms with E-state index in [-0.39, 0.29) is 30.3 Å². The molecule has 0 spiro atoms. The number of hydrogen-bond donors (Lipinski definition) is 2. The molecule has 0 saturated heterocycles. The molecule has 2 aromatic carbocycles. The Kier molecular flexibility index (Phi) is 8.16. The van der Waals surface area contributed by atoms with Gasteiger partial charge in [-0.25, -0.2) is 19.7 Å². The van der Waals surface area contributed by atoms with E-state index < -0.39 is 6.09 Å². The molecule has 5 rings (SSSR count). The largest absolute Gasteiger partial charge is 0.445 e. The monoisotopic (exact) mass is 533 g/mol. The molecular weight excluding hydrogens is 506 g/mol. The van der Waals surface area contributed by atoms with E-state index in [1.807, 2.05) is 65.2 Å². The summed E-state index contributed by atoms with van der Waals surface area (Å²) >= 11 is 0. The Morgan fingerprint density at radius 2 is 1.75 bits per heavy atom. The Balaban J connectivity index is 1.19. The van der Waals surface area contributed by atoms with E-state index in [4.69, 9.17) is 10.5 Å². The minimum atomic E-state index is -0.460. The van der Waals surface area contributed by atoms with Crippen LogP contribution in [0.2, 0.25) is 0 Å². The van der Waals surface area contributed by atoms with Gasteiger partial charge in [-0.3, -0.25) is 9.78 Å². The zero-order chi connectivity index (χ0) is 27.7. The van der Waals surface area contributed by atoms with Gasteiger partial charge in [0.25, 0.3) is 0 Å². The average molecular weight is 534 g/mol. The van der Waals surface area contributed by atoms with Crippen LogP contribution in [-0.4, -0.2) is 42.9 Å². The second kappa shape index (κ2) is 12.4. The van der Waals surface area contributed by atoms with Crippen LogP contribution in [-0.2, 0) is 24.2 Å². The van der Waals surface area contributed by atoms with Gasteiger partial charge in [0.1, 0.15) is 12.3 Å². The third-order valence-corrected chi connectivity index (χ3v) is 6.22. The summed E-state index contributed by atoms with van der Waals surface area (Å²) in [6, 6.07) is 19.0. The maximum absolute atomic E-state index is 13.2. The van der Waals surface area contributed by atoms with E-state index in [9.17, 15) is 9.59 Å². The van der Waals surface area contributed by atoms with E-state index in [0.717, 1.165) is 27.9 Å². The maximum atomic E-state index is 13.2. The van der Waals surface area contributed by atoms with Crippen molar-refractivity contribution in [2.45, 2.75) is 19.4 Å². The number of nitrogens with zero attached hydrogens (tertiary/aromatic N) is 5. The van der Waals surface area contributed by atoms with E-state index in [1.165, 1.54) is 0 Å². The van der Waals surface area contributed by atoms with Crippen molar-refractivity contribution in [2.75, 3.05) is 12.3 Å². The second-order valence-electron chi connectivity index (χ2n) is 9.00. The van der Waals surface area contributed by atoms with Crippen molar-refractivity contribution in [2.24, 2.45) is 0 Å². The van der Waals surface area contributed by atoms with Crippen LogP contribution in [0.1, 0.15) is 27.2 Å². The lowest BCUT2D eigenvalue weighted by Gasteiger charge is -2.11. The molecule has 3 N–H and O–H groups in total. The van der Waals surface area contributed by atoms with Crippen LogP contribution in [0.4, 0.5) is 10.6 Å². The number of nitrogens with one attached hydrogen (secondary N) is 1. The molecule has 40 heavy (non-hydrogen) atoms. The Labute approximate surface area is 230 Å². The lowest BCUT2D eigenvalue weighted by Crippen LogP contribution is -2.26. The van der Waals surface area contributed by atoms with Gasteiger partial charge in [-0.15, -0.1) is 0 Å². The molecule has 0 aliphatic heterocycles. The normalized spacial score (nSPS) is 10.7. The van der Waals surface area contributed by atoms with E-state index in [2.05, 4.69) is 25.3 Å². The fourth-order valence-electron chi connectivity index (χ4n) is 4.13. The quantitative estimate of drug-likeness (QED) is 0.255. The van der Waals surface area contributed by atoms with E-state index in [0.29, 0.717) is 18.7 Å². The molecule has 0 bridgehead atoms. The van der Waals surface area contributed by atoms with Crippen LogP contribution in [0, 0.1) is 0 Å². The highest BCUT2D eigenvalue weighted by Gasteiger charge is 2.18. The second-order valence-corrected chi connectivity index (χ2v) is 9.00. The van der Waals surface area contributed by atoms with Crippen molar-refractivity contribution in [3.05, 3.63) is 120 Å². The SMILES string of the molecule is Nc1ncc(-c2ccc(CCNC(=O)OCc3ccccc3)cc2)nc1C(=O)Cc1cnccc1-n1ccnc1. The Hall–Kier alpha value is -5.38. The number of rotatable bonds is 10. The summed E-state index contributed by atoms with van der Waals surface area (Å²) in [5.74, 6) is -0.188. The molecule has 0 aliphatic carbocycles. The van der Waals surface area contributed by atoms with Gasteiger partial charge in [-0.1, -0.05) is 54.6 Å². The number of nitrogen functional groups attached to an aromatic ring is 1. The topological polar surface area (TPSA) is 138 Å². The van der Waals surface area contributed by atoms with Gasteiger partial charge in [0.2, 0.25) is 0 Å². The Bertz CT molecular complexity index is 1590. The van der Waals surface area contributed by atoms with Crippen LogP contribution in [0.25, 0.3) is 16.9 Å². The summed E-state index contributed by atoms with van der Waals surface area (Å²) in [7, 11) is 0. The zero-order valence-electron chi connectivity index (χ0n) is 21.6. The van der Waals surface area contributed by atoms with E-state index in [1.54, 1.807) is 37.3 Å². The number of aromatic nitrogens is 5. The molecular formula is C30H27N7O3. The first-order valence-corrected chi connectivity index (χ1v) is 12.7. The molecule has 0 radical (unpaired) electrons. The molecule has 200 valence electrons. The number of anilines is 1. The molecule has 0 atom stereocenters. The highest BCUT2D eigenvalue weighted by Crippen LogP contribution is 2.22. The maximum Gasteiger partial charge on any atom is 0.407 e. The number of carbonyl (C=O) groups excluding carboxylic acids is 2. The van der Waals surface area contributed by atoms with E-state index >= 15 is 0 Å². The average Bonchev–Trinajstić information content (AvgIpc) is 3.53. The van der Waals surface area contributed by atoms with Crippen LogP contribution < -0.4 is 11.1 Å². The number of benzene rings is 2. The minimum absolute atomic E-state index is 0.0589. The fraction of sp³-hybridized carbons (Fsp3) is 0.133. The van der Waals surface area contributed by atoms with Crippen molar-refractivity contribution < 1.29 is 14.3 Å². The van der Waals surface area contributed by atoms with Crippen molar-refractivity contribution in [3.63, 3.8) is 0 Å². The van der Waals surface area contributed by atoms with Gasteiger partial charge in [0.05, 0.1) is 23.9 Å². The van der Waals surface area contributed by atoms with Gasteiger partial charge < -0.3 is 20.4 Å². The first-order chi connectivity index (χ1) is 19.6. The van der Waals surface area contributed by atoms with Crippen molar-refractivity contribution in [1.82, 2.24) is 29.8 Å². The summed E-state index contributed by atoms with van der Waals surface area (Å²) < 4.78 is 7.06. The molecule has 0 saturated carbocycles. The smallest absolute Gasteiger partial charge is 0.407 e. The Morgan fingerprint density at radius 3 is 2.52 bits per heavy atom. The molecule has 0 fully saturated rings. The number of alkyl carbamates (subject to hydrolysis) is 1. The van der Waals surface area contributed by atoms with Crippen LogP contribution in [0.3, 0.4) is 0 Å². The lowest BCUT2D eigenvalue weighted by molar-refractivity contribution is 0.0988. The standard InChI is InChI=1S/C30H27N7O3/c31-29-28(27(38)16-24-17-32-12-11-26(24)37-15-14-33-20-37)36-25(18-35-29)23-8-6-21(7-9-23)10-13-34-30(39)40-19-22-4-2-1-3-5-22/h1-9,11-12,14-15,17-18,20H,10,13,16,19H2,(H2,31,35)(H,34,39). The van der Waals surface area contributed by atoms with Crippen molar-refractivity contribution in [3.8, 4) is 16.9 Å². The minimum Gasteiger partial charge on any atom is -0.445 e. The van der Waals surface area contributed by atoms with Crippen molar-refractivity contribution in [1.29, 1.82) is 0 Å². The summed E-state index contributed by atoms with van der Waals surface area (Å²) in [5.41, 5.74) is 11.0. The molecule has 0 aliphatic rings. The van der Waals surface area contributed by atoms with Crippen LogP contribution in [0.15, 0.2) is 98.0 Å². The molecule has 10 heteroatoms. The van der Waals surface area contributed by atoms with Gasteiger partial charge in [-0.05, 0) is 23.6 Å². The molecule has 1 amide bonds. The number of nitrogens with two attached hydrogens (primary N) is 1. The highest BCUT2D eigenvalue weighted by molar-refractivity contribution is 6.00. The molecule has 3 heterocycles. The number of pyridine rings is 1. The summed E-state index contributed by atoms with van der Waals surface area (Å²) in [6.45, 7) is 0.658. The Morgan fingerprint density at radius 1 is 0.925 bits per heavy atom. The van der Waals surface area contributed by atoms with Gasteiger partial charge in [0, 0.05) is 48.9 Å². The van der Waals surface area contributed by atoms with Crippen molar-refractivity contribution >= 4 is 17.7 Å². The number of Topliss-reactive ketones (excluding diaryl/α,β-unsaturated/α-hetero) is 1. The van der Waals surface area contributed by atoms with Crippen LogP contribution in [0.5, 0.6) is 0 Å². The first kappa shape index (κ1) is 26.2. The van der Waals surface area contributed by atoms with Gasteiger partial charge in [-0.2, -0.15) is 0 Å². The summed E-state index contributed by atoms with van der Waals surface area (Å²) in [5, 5.41) is 2.76. The predicted octanol–water partition coefficient (Wildman–Crippen LogP) is 4.20. The molecule has 3 aromatic heterocycles. The number of hydrogen-bond acceptors (Lipinski definition) is 8. The highest BCUT2D eigenvalue weighted by atomic mass is 16.5. The molecule has 10 nitrogen and oxygen atoms in total. The lowest BCUT2D eigenvalue weighted by atomic mass is 10.1. The fourth-order valence-corrected chi connectivity index (χ4v) is 4.13. The number of carbonyl (C=O) groups is 2. The number of amides is 1. The summed E-state index contributed by atoms with van der Waals surface area (Å²) in [4.78, 5) is 42.2. The zero-order valence-corrected chi connectivity index (χ0v) is 21.6. The molecule has 5 aromatic rings. The predicted molar refractivity (Wildman–Crippen MR) is 150 cm³/mol. The van der Waals surface area contributed by atoms with Gasteiger partial charge in [0.15, 0.2) is 11.6 Å². The van der Waals surface area contributed by atoms with Crippen LogP contribution >= 0.6 is 0 Å². The third kappa shape index (κ3) is 6.54. The number of ketones is 1. The number of ether oxygens (including phenoxy) is 1. The third-order valence-electron chi connectivity index (χ3n) is 6.22. The van der Waals surface area contributed by atoms with Gasteiger partial charge >= 0.3 is 6.09 Å². The molecule has 0 unspecified atom stereocenters. The summed E-state index contributed by atoms with van der Waals surface area (Å²) in [6.07, 6.45) is 10.2. The first-order valence-electron chi connectivity index (χ1n) is 12.7.